The van der Waals surface area contributed by atoms with Crippen LogP contribution in [-0.4, -0.2) is 38.1 Å². The first-order chi connectivity index (χ1) is 7.57. The van der Waals surface area contributed by atoms with Crippen LogP contribution in [0, 0.1) is 0 Å². The van der Waals surface area contributed by atoms with Crippen LogP contribution in [0.5, 0.6) is 0 Å². The number of hydrogen-bond acceptors (Lipinski definition) is 3. The average molecular weight is 243 g/mol. The SMILES string of the molecule is COCCN(C)C(=O)c1cccc(N)c1Cl. The van der Waals surface area contributed by atoms with Gasteiger partial charge in [-0.15, -0.1) is 0 Å². The number of methoxy groups -OCH3 is 1. The Morgan fingerprint density at radius 2 is 2.25 bits per heavy atom. The number of halogens is 1. The summed E-state index contributed by atoms with van der Waals surface area (Å²) in [6.45, 7) is 1.00. The number of hydrogen-bond donors (Lipinski definition) is 1. The molecule has 0 radical (unpaired) electrons. The fourth-order valence-corrected chi connectivity index (χ4v) is 1.46. The Bertz CT molecular complexity index is 382. The van der Waals surface area contributed by atoms with Gasteiger partial charge in [0, 0.05) is 20.7 Å². The van der Waals surface area contributed by atoms with Crippen molar-refractivity contribution in [3.05, 3.63) is 28.8 Å². The summed E-state index contributed by atoms with van der Waals surface area (Å²) >= 11 is 5.96. The van der Waals surface area contributed by atoms with Gasteiger partial charge in [-0.25, -0.2) is 0 Å². The number of anilines is 1. The van der Waals surface area contributed by atoms with Crippen LogP contribution in [-0.2, 0) is 4.74 Å². The van der Waals surface area contributed by atoms with E-state index in [4.69, 9.17) is 22.1 Å². The van der Waals surface area contributed by atoms with Gasteiger partial charge in [-0.3, -0.25) is 4.79 Å². The smallest absolute Gasteiger partial charge is 0.255 e. The number of ether oxygens (including phenoxy) is 1. The molecule has 0 aliphatic carbocycles. The van der Waals surface area contributed by atoms with Crippen LogP contribution < -0.4 is 5.73 Å². The molecule has 0 atom stereocenters. The van der Waals surface area contributed by atoms with Crippen molar-refractivity contribution in [3.8, 4) is 0 Å². The summed E-state index contributed by atoms with van der Waals surface area (Å²) in [6, 6.07) is 5.03. The number of nitrogens with zero attached hydrogens (tertiary/aromatic N) is 1. The van der Waals surface area contributed by atoms with Crippen LogP contribution in [0.2, 0.25) is 5.02 Å². The predicted molar refractivity (Wildman–Crippen MR) is 64.7 cm³/mol. The molecule has 0 spiro atoms. The van der Waals surface area contributed by atoms with Crippen molar-refractivity contribution in [2.45, 2.75) is 0 Å². The van der Waals surface area contributed by atoms with E-state index in [0.717, 1.165) is 0 Å². The minimum atomic E-state index is -0.158. The van der Waals surface area contributed by atoms with E-state index in [1.54, 1.807) is 37.3 Å². The molecule has 1 aromatic rings. The van der Waals surface area contributed by atoms with Gasteiger partial charge in [-0.1, -0.05) is 17.7 Å². The van der Waals surface area contributed by atoms with E-state index >= 15 is 0 Å². The molecule has 1 amide bonds. The summed E-state index contributed by atoms with van der Waals surface area (Å²) in [4.78, 5) is 13.5. The normalized spacial score (nSPS) is 10.2. The number of nitrogens with two attached hydrogens (primary N) is 1. The van der Waals surface area contributed by atoms with Crippen LogP contribution >= 0.6 is 11.6 Å². The molecule has 5 heteroatoms. The minimum absolute atomic E-state index is 0.158. The Balaban J connectivity index is 2.84. The van der Waals surface area contributed by atoms with Gasteiger partial charge >= 0.3 is 0 Å². The number of nitrogen functional groups attached to an aromatic ring is 1. The van der Waals surface area contributed by atoms with Crippen LogP contribution in [0.25, 0.3) is 0 Å². The Kier molecular flexibility index (Phi) is 4.58. The second-order valence-corrected chi connectivity index (χ2v) is 3.81. The molecule has 4 nitrogen and oxygen atoms in total. The highest BCUT2D eigenvalue weighted by Crippen LogP contribution is 2.23. The van der Waals surface area contributed by atoms with Gasteiger partial charge in [0.05, 0.1) is 22.9 Å². The van der Waals surface area contributed by atoms with Gasteiger partial charge in [-0.05, 0) is 12.1 Å². The van der Waals surface area contributed by atoms with Gasteiger partial charge in [0.15, 0.2) is 0 Å². The zero-order valence-corrected chi connectivity index (χ0v) is 10.1. The summed E-state index contributed by atoms with van der Waals surface area (Å²) in [5.74, 6) is -0.158. The number of likely N-dealkylation sites (N-methyl/N-ethyl adjacent to an activating group) is 1. The maximum atomic E-state index is 12.0. The quantitative estimate of drug-likeness (QED) is 0.817. The maximum absolute atomic E-state index is 12.0. The lowest BCUT2D eigenvalue weighted by Gasteiger charge is -2.17. The maximum Gasteiger partial charge on any atom is 0.255 e. The number of carbonyl (C=O) groups excluding carboxylic acids is 1. The molecule has 0 bridgehead atoms. The molecule has 0 saturated heterocycles. The van der Waals surface area contributed by atoms with Crippen molar-refractivity contribution >= 4 is 23.2 Å². The Hall–Kier alpha value is -1.26. The highest BCUT2D eigenvalue weighted by Gasteiger charge is 2.15. The van der Waals surface area contributed by atoms with Crippen molar-refractivity contribution in [2.75, 3.05) is 33.0 Å². The van der Waals surface area contributed by atoms with E-state index in [-0.39, 0.29) is 5.91 Å². The van der Waals surface area contributed by atoms with E-state index in [2.05, 4.69) is 0 Å². The molecule has 88 valence electrons. The first kappa shape index (κ1) is 12.8. The fraction of sp³-hybridized carbons (Fsp3) is 0.364. The van der Waals surface area contributed by atoms with Crippen molar-refractivity contribution < 1.29 is 9.53 Å². The van der Waals surface area contributed by atoms with Crippen LogP contribution in [0.4, 0.5) is 5.69 Å². The van der Waals surface area contributed by atoms with Crippen molar-refractivity contribution in [1.82, 2.24) is 4.90 Å². The first-order valence-corrected chi connectivity index (χ1v) is 5.24. The van der Waals surface area contributed by atoms with Crippen molar-refractivity contribution in [1.29, 1.82) is 0 Å². The lowest BCUT2D eigenvalue weighted by molar-refractivity contribution is 0.0744. The van der Waals surface area contributed by atoms with Crippen molar-refractivity contribution in [2.24, 2.45) is 0 Å². The van der Waals surface area contributed by atoms with Gasteiger partial charge in [0.25, 0.3) is 5.91 Å². The van der Waals surface area contributed by atoms with Crippen LogP contribution in [0.3, 0.4) is 0 Å². The Morgan fingerprint density at radius 3 is 2.88 bits per heavy atom. The molecule has 0 aliphatic heterocycles. The largest absolute Gasteiger partial charge is 0.398 e. The third-order valence-corrected chi connectivity index (χ3v) is 2.66. The summed E-state index contributed by atoms with van der Waals surface area (Å²) in [5.41, 5.74) is 6.46. The third kappa shape index (κ3) is 2.87. The molecule has 1 aromatic carbocycles. The molecule has 0 aromatic heterocycles. The molecule has 0 heterocycles. The average Bonchev–Trinajstić information content (AvgIpc) is 2.28. The molecule has 0 saturated carbocycles. The standard InChI is InChI=1S/C11H15ClN2O2/c1-14(6-7-16-2)11(15)8-4-3-5-9(13)10(8)12/h3-5H,6-7,13H2,1-2H3. The summed E-state index contributed by atoms with van der Waals surface area (Å²) < 4.78 is 4.90. The third-order valence-electron chi connectivity index (χ3n) is 2.24. The molecule has 0 unspecified atom stereocenters. The van der Waals surface area contributed by atoms with E-state index < -0.39 is 0 Å². The molecule has 16 heavy (non-hydrogen) atoms. The molecular formula is C11H15ClN2O2. The topological polar surface area (TPSA) is 55.6 Å². The van der Waals surface area contributed by atoms with Gasteiger partial charge < -0.3 is 15.4 Å². The number of benzene rings is 1. The zero-order valence-electron chi connectivity index (χ0n) is 9.37. The Morgan fingerprint density at radius 1 is 1.56 bits per heavy atom. The lowest BCUT2D eigenvalue weighted by atomic mass is 10.2. The summed E-state index contributed by atoms with van der Waals surface area (Å²) in [5, 5.41) is 0.303. The number of rotatable bonds is 4. The van der Waals surface area contributed by atoms with E-state index in [1.807, 2.05) is 0 Å². The molecular weight excluding hydrogens is 228 g/mol. The summed E-state index contributed by atoms with van der Waals surface area (Å²) in [6.07, 6.45) is 0. The van der Waals surface area contributed by atoms with E-state index in [1.165, 1.54) is 0 Å². The zero-order chi connectivity index (χ0) is 12.1. The van der Waals surface area contributed by atoms with E-state index in [0.29, 0.717) is 29.4 Å². The monoisotopic (exact) mass is 242 g/mol. The number of carbonyl (C=O) groups is 1. The second kappa shape index (κ2) is 5.72. The van der Waals surface area contributed by atoms with Crippen LogP contribution in [0.15, 0.2) is 18.2 Å². The minimum Gasteiger partial charge on any atom is -0.398 e. The van der Waals surface area contributed by atoms with Crippen molar-refractivity contribution in [3.63, 3.8) is 0 Å². The highest BCUT2D eigenvalue weighted by atomic mass is 35.5. The number of amides is 1. The van der Waals surface area contributed by atoms with Gasteiger partial charge in [0.2, 0.25) is 0 Å². The van der Waals surface area contributed by atoms with Crippen LogP contribution in [0.1, 0.15) is 10.4 Å². The van der Waals surface area contributed by atoms with Gasteiger partial charge in [-0.2, -0.15) is 0 Å². The molecule has 0 fully saturated rings. The predicted octanol–water partition coefficient (Wildman–Crippen LogP) is 1.64. The second-order valence-electron chi connectivity index (χ2n) is 3.43. The molecule has 1 rings (SSSR count). The van der Waals surface area contributed by atoms with Gasteiger partial charge in [0.1, 0.15) is 0 Å². The molecule has 0 aliphatic rings. The van der Waals surface area contributed by atoms with E-state index in [9.17, 15) is 4.79 Å². The molecule has 2 N–H and O–H groups in total. The highest BCUT2D eigenvalue weighted by molar-refractivity contribution is 6.36. The lowest BCUT2D eigenvalue weighted by Crippen LogP contribution is -2.30. The first-order valence-electron chi connectivity index (χ1n) is 4.86. The fourth-order valence-electron chi connectivity index (χ4n) is 1.25. The Labute approximate surface area is 99.9 Å². The summed E-state index contributed by atoms with van der Waals surface area (Å²) in [7, 11) is 3.28.